The topological polar surface area (TPSA) is 109 Å². The molecule has 4 rings (SSSR count). The fourth-order valence-electron chi connectivity index (χ4n) is 5.37. The van der Waals surface area contributed by atoms with Gasteiger partial charge in [-0.1, -0.05) is 18.6 Å². The number of likely N-dealkylation sites (tertiary alicyclic amines) is 1. The Hall–Kier alpha value is -2.92. The Kier molecular flexibility index (Phi) is 7.99. The first-order chi connectivity index (χ1) is 17.2. The maximum absolute atomic E-state index is 12.8. The predicted octanol–water partition coefficient (Wildman–Crippen LogP) is 4.22. The van der Waals surface area contributed by atoms with E-state index in [1.54, 1.807) is 17.9 Å². The minimum absolute atomic E-state index is 0.00713. The first kappa shape index (κ1) is 26.2. The molecule has 4 N–H and O–H groups in total. The lowest BCUT2D eigenvalue weighted by Crippen LogP contribution is -2.44. The number of anilines is 2. The van der Waals surface area contributed by atoms with Crippen molar-refractivity contribution in [3.05, 3.63) is 41.6 Å². The second-order valence-electron chi connectivity index (χ2n) is 9.63. The van der Waals surface area contributed by atoms with Crippen LogP contribution in [-0.2, 0) is 0 Å². The number of primary amides is 1. The van der Waals surface area contributed by atoms with Gasteiger partial charge in [0.15, 0.2) is 11.9 Å². The first-order valence-corrected chi connectivity index (χ1v) is 12.3. The lowest BCUT2D eigenvalue weighted by Gasteiger charge is -2.41. The van der Waals surface area contributed by atoms with E-state index in [9.17, 15) is 23.1 Å². The van der Waals surface area contributed by atoms with Gasteiger partial charge in [0.2, 0.25) is 0 Å². The van der Waals surface area contributed by atoms with Crippen molar-refractivity contribution in [3.63, 3.8) is 0 Å². The normalized spacial score (nSPS) is 24.6. The van der Waals surface area contributed by atoms with Crippen LogP contribution in [0, 0.1) is 5.92 Å². The van der Waals surface area contributed by atoms with Gasteiger partial charge in [-0.15, -0.1) is 0 Å². The van der Waals surface area contributed by atoms with Crippen molar-refractivity contribution in [2.24, 2.45) is 16.6 Å². The van der Waals surface area contributed by atoms with Crippen LogP contribution in [0.4, 0.5) is 24.7 Å². The van der Waals surface area contributed by atoms with E-state index in [0.717, 1.165) is 32.4 Å². The molecular weight excluding hydrogens is 473 g/mol. The molecule has 1 aliphatic carbocycles. The largest absolute Gasteiger partial charge is 0.418 e. The molecule has 1 saturated heterocycles. The zero-order valence-corrected chi connectivity index (χ0v) is 20.3. The fraction of sp³-hybridized carbons (Fsp3) is 0.560. The highest BCUT2D eigenvalue weighted by Gasteiger charge is 2.39. The Labute approximate surface area is 208 Å². The summed E-state index contributed by atoms with van der Waals surface area (Å²) in [6.45, 7) is 2.26. The average molecular weight is 507 g/mol. The van der Waals surface area contributed by atoms with Gasteiger partial charge in [-0.25, -0.2) is 0 Å². The van der Waals surface area contributed by atoms with Gasteiger partial charge in [-0.2, -0.15) is 18.3 Å². The van der Waals surface area contributed by atoms with Gasteiger partial charge in [-0.3, -0.25) is 9.48 Å². The van der Waals surface area contributed by atoms with Crippen LogP contribution in [0.15, 0.2) is 35.5 Å². The van der Waals surface area contributed by atoms with E-state index in [2.05, 4.69) is 20.3 Å². The van der Waals surface area contributed by atoms with E-state index in [0.29, 0.717) is 11.7 Å². The van der Waals surface area contributed by atoms with Gasteiger partial charge in [-0.05, 0) is 62.9 Å². The van der Waals surface area contributed by atoms with Crippen molar-refractivity contribution in [3.8, 4) is 0 Å². The minimum atomic E-state index is -4.75. The van der Waals surface area contributed by atoms with E-state index in [-0.39, 0.29) is 28.9 Å². The summed E-state index contributed by atoms with van der Waals surface area (Å²) in [4.78, 5) is 19.0. The quantitative estimate of drug-likeness (QED) is 0.488. The maximum atomic E-state index is 12.8. The molecule has 11 heteroatoms. The third-order valence-electron chi connectivity index (χ3n) is 7.22. The number of aliphatic imine (C=N–C) groups is 1. The number of nitrogens with zero attached hydrogens (tertiary/aromatic N) is 4. The Morgan fingerprint density at radius 3 is 2.53 bits per heavy atom. The minimum Gasteiger partial charge on any atom is -0.379 e. The molecule has 0 spiro atoms. The molecular formula is C25H33F3N6O2. The van der Waals surface area contributed by atoms with Crippen LogP contribution >= 0.6 is 0 Å². The number of carbonyl (C=O) groups is 1. The molecule has 0 unspecified atom stereocenters. The molecule has 4 atom stereocenters. The number of nitrogens with two attached hydrogens (primary N) is 1. The summed E-state index contributed by atoms with van der Waals surface area (Å²) in [5, 5.41) is 17.0. The summed E-state index contributed by atoms with van der Waals surface area (Å²) < 4.78 is 40.1. The van der Waals surface area contributed by atoms with Gasteiger partial charge in [0, 0.05) is 37.1 Å². The second kappa shape index (κ2) is 11.0. The lowest BCUT2D eigenvalue weighted by molar-refractivity contribution is -0.206. The Morgan fingerprint density at radius 1 is 1.22 bits per heavy atom. The molecule has 8 nitrogen and oxygen atoms in total. The summed E-state index contributed by atoms with van der Waals surface area (Å²) in [6, 6.07) is 5.65. The van der Waals surface area contributed by atoms with Crippen LogP contribution in [0.1, 0.15) is 66.6 Å². The number of piperidine rings is 1. The molecule has 1 amide bonds. The van der Waals surface area contributed by atoms with Gasteiger partial charge in [0.1, 0.15) is 5.56 Å². The molecule has 0 bridgehead atoms. The molecule has 1 saturated carbocycles. The molecule has 196 valence electrons. The monoisotopic (exact) mass is 506 g/mol. The smallest absolute Gasteiger partial charge is 0.379 e. The standard InChI is InChI=1S/C25H33F3N6O2/c1-30-14-17-13-19(33-11-3-2-4-12-33)9-10-21(17)34-15-20(23(29)36)24(32-34)31-18-7-5-16(6-8-18)22(35)25(26,27)28/h5-8,14-15,17,19,21-22,35H,2-4,9-13H2,1H3,(H2,29,36)(H,31,32)/b30-14-/t17-,19-,21+,22-/m1/s1. The van der Waals surface area contributed by atoms with Crippen molar-refractivity contribution < 1.29 is 23.1 Å². The fourth-order valence-corrected chi connectivity index (χ4v) is 5.37. The molecule has 1 aromatic carbocycles. The van der Waals surface area contributed by atoms with E-state index < -0.39 is 18.2 Å². The van der Waals surface area contributed by atoms with Crippen molar-refractivity contribution in [2.45, 2.75) is 62.9 Å². The second-order valence-corrected chi connectivity index (χ2v) is 9.63. The molecule has 1 aromatic heterocycles. The number of alkyl halides is 3. The summed E-state index contributed by atoms with van der Waals surface area (Å²) in [5.74, 6) is -0.278. The van der Waals surface area contributed by atoms with Crippen molar-refractivity contribution in [2.75, 3.05) is 25.5 Å². The van der Waals surface area contributed by atoms with Crippen LogP contribution in [0.3, 0.4) is 0 Å². The Bertz CT molecular complexity index is 1060. The van der Waals surface area contributed by atoms with E-state index in [4.69, 9.17) is 5.73 Å². The zero-order valence-electron chi connectivity index (χ0n) is 20.3. The highest BCUT2D eigenvalue weighted by atomic mass is 19.4. The molecule has 1 aliphatic heterocycles. The number of nitrogens with one attached hydrogen (secondary N) is 1. The van der Waals surface area contributed by atoms with Crippen LogP contribution in [0.2, 0.25) is 0 Å². The van der Waals surface area contributed by atoms with Crippen LogP contribution in [0.5, 0.6) is 0 Å². The van der Waals surface area contributed by atoms with E-state index >= 15 is 0 Å². The van der Waals surface area contributed by atoms with E-state index in [1.165, 1.54) is 43.5 Å². The third-order valence-corrected chi connectivity index (χ3v) is 7.22. The molecule has 2 aliphatic rings. The number of aliphatic hydroxyl groups is 1. The molecule has 2 fully saturated rings. The summed E-state index contributed by atoms with van der Waals surface area (Å²) in [5.41, 5.74) is 5.95. The molecule has 2 aromatic rings. The Balaban J connectivity index is 1.53. The number of benzene rings is 1. The maximum Gasteiger partial charge on any atom is 0.418 e. The van der Waals surface area contributed by atoms with Crippen LogP contribution < -0.4 is 11.1 Å². The van der Waals surface area contributed by atoms with E-state index in [1.807, 2.05) is 6.21 Å². The van der Waals surface area contributed by atoms with Crippen molar-refractivity contribution in [1.82, 2.24) is 14.7 Å². The third kappa shape index (κ3) is 5.89. The number of hydrogen-bond donors (Lipinski definition) is 3. The van der Waals surface area contributed by atoms with Gasteiger partial charge in [0.05, 0.1) is 6.04 Å². The average Bonchev–Trinajstić information content (AvgIpc) is 3.28. The highest BCUT2D eigenvalue weighted by Crippen LogP contribution is 2.37. The SMILES string of the molecule is C/N=C\[C@H]1C[C@H](N2CCCCC2)CC[C@@H]1n1cc(C(N)=O)c(Nc2ccc([C@@H](O)C(F)(F)F)cc2)n1. The van der Waals surface area contributed by atoms with Gasteiger partial charge in [0.25, 0.3) is 5.91 Å². The first-order valence-electron chi connectivity index (χ1n) is 12.3. The summed E-state index contributed by atoms with van der Waals surface area (Å²) >= 11 is 0. The predicted molar refractivity (Wildman–Crippen MR) is 131 cm³/mol. The number of rotatable bonds is 7. The van der Waals surface area contributed by atoms with Gasteiger partial charge < -0.3 is 26.0 Å². The van der Waals surface area contributed by atoms with Gasteiger partial charge >= 0.3 is 6.18 Å². The summed E-state index contributed by atoms with van der Waals surface area (Å²) in [7, 11) is 1.76. The number of carbonyl (C=O) groups excluding carboxylic acids is 1. The molecule has 36 heavy (non-hydrogen) atoms. The van der Waals surface area contributed by atoms with Crippen molar-refractivity contribution in [1.29, 1.82) is 0 Å². The number of halogens is 3. The number of amides is 1. The van der Waals surface area contributed by atoms with Crippen LogP contribution in [0.25, 0.3) is 0 Å². The van der Waals surface area contributed by atoms with Crippen molar-refractivity contribution >= 4 is 23.6 Å². The van der Waals surface area contributed by atoms with Crippen LogP contribution in [-0.4, -0.2) is 64.3 Å². The zero-order chi connectivity index (χ0) is 25.9. The Morgan fingerprint density at radius 2 is 1.92 bits per heavy atom. The molecule has 2 heterocycles. The summed E-state index contributed by atoms with van der Waals surface area (Å²) in [6.07, 6.45) is 2.89. The number of hydrogen-bond acceptors (Lipinski definition) is 6. The number of aromatic nitrogens is 2. The lowest BCUT2D eigenvalue weighted by atomic mass is 9.81. The molecule has 0 radical (unpaired) electrons. The number of aliphatic hydroxyl groups excluding tert-OH is 1. The highest BCUT2D eigenvalue weighted by molar-refractivity contribution is 5.98.